The Morgan fingerprint density at radius 1 is 1.33 bits per heavy atom. The molecule has 0 fully saturated rings. The molecule has 18 heavy (non-hydrogen) atoms. The van der Waals surface area contributed by atoms with Gasteiger partial charge in [-0.25, -0.2) is 4.98 Å². The van der Waals surface area contributed by atoms with E-state index >= 15 is 0 Å². The van der Waals surface area contributed by atoms with Gasteiger partial charge in [0, 0.05) is 24.0 Å². The molecule has 5 heteroatoms. The molecule has 1 aromatic carbocycles. The summed E-state index contributed by atoms with van der Waals surface area (Å²) in [6.07, 6.45) is 3.60. The summed E-state index contributed by atoms with van der Waals surface area (Å²) in [5.41, 5.74) is 0.827. The van der Waals surface area contributed by atoms with E-state index in [2.05, 4.69) is 24.1 Å². The lowest BCUT2D eigenvalue weighted by Gasteiger charge is -2.12. The van der Waals surface area contributed by atoms with E-state index in [9.17, 15) is 0 Å². The second kappa shape index (κ2) is 5.63. The first kappa shape index (κ1) is 13.2. The summed E-state index contributed by atoms with van der Waals surface area (Å²) < 4.78 is 1.90. The minimum atomic E-state index is 0.546. The predicted octanol–water partition coefficient (Wildman–Crippen LogP) is 4.25. The van der Waals surface area contributed by atoms with Crippen molar-refractivity contribution in [3.63, 3.8) is 0 Å². The summed E-state index contributed by atoms with van der Waals surface area (Å²) in [5.74, 6) is 1.32. The SMILES string of the molecule is CC(C)CNc1nccn1-c1cc(Cl)ccc1Cl. The molecule has 0 saturated carbocycles. The fraction of sp³-hybridized carbons (Fsp3) is 0.308. The van der Waals surface area contributed by atoms with Crippen LogP contribution in [0.1, 0.15) is 13.8 Å². The van der Waals surface area contributed by atoms with Crippen molar-refractivity contribution < 1.29 is 0 Å². The zero-order valence-corrected chi connectivity index (χ0v) is 11.8. The topological polar surface area (TPSA) is 29.9 Å². The van der Waals surface area contributed by atoms with Gasteiger partial charge in [-0.3, -0.25) is 4.57 Å². The lowest BCUT2D eigenvalue weighted by Crippen LogP contribution is -2.12. The molecule has 1 heterocycles. The van der Waals surface area contributed by atoms with Crippen LogP contribution in [0.15, 0.2) is 30.6 Å². The molecule has 0 spiro atoms. The monoisotopic (exact) mass is 283 g/mol. The number of benzene rings is 1. The van der Waals surface area contributed by atoms with E-state index in [1.165, 1.54) is 0 Å². The highest BCUT2D eigenvalue weighted by atomic mass is 35.5. The zero-order chi connectivity index (χ0) is 13.1. The molecule has 96 valence electrons. The first-order chi connectivity index (χ1) is 8.58. The lowest BCUT2D eigenvalue weighted by atomic mass is 10.2. The highest BCUT2D eigenvalue weighted by Gasteiger charge is 2.09. The van der Waals surface area contributed by atoms with Gasteiger partial charge in [0.2, 0.25) is 5.95 Å². The second-order valence-electron chi connectivity index (χ2n) is 4.49. The summed E-state index contributed by atoms with van der Waals surface area (Å²) in [7, 11) is 0. The summed E-state index contributed by atoms with van der Waals surface area (Å²) in [4.78, 5) is 4.29. The molecule has 2 rings (SSSR count). The summed E-state index contributed by atoms with van der Waals surface area (Å²) in [6, 6.07) is 5.38. The predicted molar refractivity (Wildman–Crippen MR) is 76.9 cm³/mol. The molecule has 0 aliphatic heterocycles. The van der Waals surface area contributed by atoms with Crippen LogP contribution in [0, 0.1) is 5.92 Å². The van der Waals surface area contributed by atoms with Crippen LogP contribution in [0.5, 0.6) is 0 Å². The largest absolute Gasteiger partial charge is 0.355 e. The van der Waals surface area contributed by atoms with Crippen molar-refractivity contribution in [2.45, 2.75) is 13.8 Å². The molecule has 0 amide bonds. The van der Waals surface area contributed by atoms with Crippen LogP contribution in [-0.2, 0) is 0 Å². The van der Waals surface area contributed by atoms with Crippen molar-refractivity contribution >= 4 is 29.2 Å². The smallest absolute Gasteiger partial charge is 0.207 e. The van der Waals surface area contributed by atoms with Gasteiger partial charge in [0.25, 0.3) is 0 Å². The Kier molecular flexibility index (Phi) is 4.15. The third kappa shape index (κ3) is 2.98. The van der Waals surface area contributed by atoms with Crippen LogP contribution in [0.3, 0.4) is 0 Å². The molecule has 0 aliphatic rings. The first-order valence-corrected chi connectivity index (χ1v) is 6.56. The maximum absolute atomic E-state index is 6.19. The van der Waals surface area contributed by atoms with Crippen molar-refractivity contribution in [1.29, 1.82) is 0 Å². The van der Waals surface area contributed by atoms with Gasteiger partial charge >= 0.3 is 0 Å². The fourth-order valence-electron chi connectivity index (χ4n) is 1.59. The first-order valence-electron chi connectivity index (χ1n) is 5.80. The molecule has 1 N–H and O–H groups in total. The molecule has 0 saturated heterocycles. The Morgan fingerprint density at radius 3 is 2.83 bits per heavy atom. The van der Waals surface area contributed by atoms with Gasteiger partial charge in [-0.15, -0.1) is 0 Å². The highest BCUT2D eigenvalue weighted by Crippen LogP contribution is 2.26. The van der Waals surface area contributed by atoms with E-state index in [-0.39, 0.29) is 0 Å². The number of hydrogen-bond donors (Lipinski definition) is 1. The zero-order valence-electron chi connectivity index (χ0n) is 10.3. The van der Waals surface area contributed by atoms with E-state index in [0.717, 1.165) is 18.2 Å². The highest BCUT2D eigenvalue weighted by molar-refractivity contribution is 6.34. The molecule has 3 nitrogen and oxygen atoms in total. The Balaban J connectivity index is 2.33. The Bertz CT molecular complexity index is 535. The van der Waals surface area contributed by atoms with Crippen LogP contribution in [0.2, 0.25) is 10.0 Å². The van der Waals surface area contributed by atoms with Gasteiger partial charge < -0.3 is 5.32 Å². The van der Waals surface area contributed by atoms with Gasteiger partial charge in [0.05, 0.1) is 10.7 Å². The number of anilines is 1. The second-order valence-corrected chi connectivity index (χ2v) is 5.33. The van der Waals surface area contributed by atoms with Gasteiger partial charge in [0.1, 0.15) is 0 Å². The van der Waals surface area contributed by atoms with Crippen LogP contribution >= 0.6 is 23.2 Å². The van der Waals surface area contributed by atoms with Gasteiger partial charge in [-0.05, 0) is 24.1 Å². The average Bonchev–Trinajstić information content (AvgIpc) is 2.77. The van der Waals surface area contributed by atoms with Crippen molar-refractivity contribution in [1.82, 2.24) is 9.55 Å². The molecular weight excluding hydrogens is 269 g/mol. The molecular formula is C13H15Cl2N3. The number of nitrogens with one attached hydrogen (secondary N) is 1. The van der Waals surface area contributed by atoms with Gasteiger partial charge in [-0.1, -0.05) is 37.0 Å². The summed E-state index contributed by atoms with van der Waals surface area (Å²) in [5, 5.41) is 4.58. The van der Waals surface area contributed by atoms with Gasteiger partial charge in [0.15, 0.2) is 0 Å². The van der Waals surface area contributed by atoms with E-state index in [1.807, 2.05) is 16.8 Å². The van der Waals surface area contributed by atoms with Gasteiger partial charge in [-0.2, -0.15) is 0 Å². The Morgan fingerprint density at radius 2 is 2.11 bits per heavy atom. The van der Waals surface area contributed by atoms with Crippen LogP contribution in [0.4, 0.5) is 5.95 Å². The van der Waals surface area contributed by atoms with Crippen LogP contribution in [0.25, 0.3) is 5.69 Å². The fourth-order valence-corrected chi connectivity index (χ4v) is 1.97. The van der Waals surface area contributed by atoms with Crippen molar-refractivity contribution in [2.24, 2.45) is 5.92 Å². The maximum Gasteiger partial charge on any atom is 0.207 e. The molecule has 1 aromatic heterocycles. The van der Waals surface area contributed by atoms with Crippen molar-refractivity contribution in [3.05, 3.63) is 40.6 Å². The summed E-state index contributed by atoms with van der Waals surface area (Å²) >= 11 is 12.2. The Hall–Kier alpha value is -1.19. The lowest BCUT2D eigenvalue weighted by molar-refractivity contribution is 0.683. The molecule has 0 unspecified atom stereocenters. The average molecular weight is 284 g/mol. The minimum Gasteiger partial charge on any atom is -0.355 e. The number of hydrogen-bond acceptors (Lipinski definition) is 2. The van der Waals surface area contributed by atoms with Crippen LogP contribution in [-0.4, -0.2) is 16.1 Å². The standard InChI is InChI=1S/C13H15Cl2N3/c1-9(2)8-17-13-16-5-6-18(13)12-7-10(14)3-4-11(12)15/h3-7,9H,8H2,1-2H3,(H,16,17). The van der Waals surface area contributed by atoms with E-state index < -0.39 is 0 Å². The quantitative estimate of drug-likeness (QED) is 0.909. The molecule has 0 bridgehead atoms. The van der Waals surface area contributed by atoms with Crippen LogP contribution < -0.4 is 5.32 Å². The maximum atomic E-state index is 6.19. The Labute approximate surface area is 117 Å². The van der Waals surface area contributed by atoms with Crippen molar-refractivity contribution in [3.8, 4) is 5.69 Å². The number of halogens is 2. The molecule has 2 aromatic rings. The van der Waals surface area contributed by atoms with E-state index in [4.69, 9.17) is 23.2 Å². The number of imidazole rings is 1. The molecule has 0 atom stereocenters. The number of nitrogens with zero attached hydrogens (tertiary/aromatic N) is 2. The molecule has 0 radical (unpaired) electrons. The molecule has 0 aliphatic carbocycles. The normalized spacial score (nSPS) is 10.9. The summed E-state index contributed by atoms with van der Waals surface area (Å²) in [6.45, 7) is 5.15. The van der Waals surface area contributed by atoms with E-state index in [1.54, 1.807) is 18.3 Å². The third-order valence-corrected chi connectivity index (χ3v) is 3.03. The van der Waals surface area contributed by atoms with Crippen molar-refractivity contribution in [2.75, 3.05) is 11.9 Å². The number of aromatic nitrogens is 2. The third-order valence-electron chi connectivity index (χ3n) is 2.48. The van der Waals surface area contributed by atoms with E-state index in [0.29, 0.717) is 16.0 Å². The minimum absolute atomic E-state index is 0.546. The number of rotatable bonds is 4.